The van der Waals surface area contributed by atoms with Gasteiger partial charge in [-0.05, 0) is 13.3 Å². The van der Waals surface area contributed by atoms with Crippen LogP contribution in [0.3, 0.4) is 0 Å². The topological polar surface area (TPSA) is 41.7 Å². The van der Waals surface area contributed by atoms with Gasteiger partial charge in [0, 0.05) is 39.3 Å². The van der Waals surface area contributed by atoms with E-state index in [-0.39, 0.29) is 6.04 Å². The second-order valence-corrected chi connectivity index (χ2v) is 5.55. The van der Waals surface area contributed by atoms with Gasteiger partial charge < -0.3 is 10.5 Å². The van der Waals surface area contributed by atoms with Crippen LogP contribution in [0.25, 0.3) is 0 Å². The summed E-state index contributed by atoms with van der Waals surface area (Å²) in [7, 11) is 1.76. The van der Waals surface area contributed by atoms with Gasteiger partial charge in [0.1, 0.15) is 0 Å². The summed E-state index contributed by atoms with van der Waals surface area (Å²) in [5, 5.41) is 0. The lowest BCUT2D eigenvalue weighted by Gasteiger charge is -2.41. The molecule has 0 aromatic rings. The Morgan fingerprint density at radius 3 is 2.28 bits per heavy atom. The zero-order chi connectivity index (χ0) is 13.5. The smallest absolute Gasteiger partial charge is 0.0902 e. The molecular weight excluding hydrogens is 246 g/mol. The van der Waals surface area contributed by atoms with Crippen molar-refractivity contribution in [2.45, 2.75) is 38.8 Å². The normalized spacial score (nSPS) is 21.7. The third-order valence-electron chi connectivity index (χ3n) is 3.71. The minimum absolute atomic E-state index is 0.282. The third kappa shape index (κ3) is 4.46. The van der Waals surface area contributed by atoms with Crippen LogP contribution in [0.2, 0.25) is 0 Å². The molecule has 2 atom stereocenters. The first kappa shape index (κ1) is 15.8. The highest BCUT2D eigenvalue weighted by molar-refractivity contribution is 7.80. The molecule has 0 amide bonds. The van der Waals surface area contributed by atoms with Crippen molar-refractivity contribution in [1.29, 1.82) is 0 Å². The molecule has 106 valence electrons. The van der Waals surface area contributed by atoms with E-state index in [9.17, 15) is 0 Å². The molecule has 0 aromatic heterocycles. The third-order valence-corrected chi connectivity index (χ3v) is 3.98. The van der Waals surface area contributed by atoms with Crippen molar-refractivity contribution >= 4 is 17.2 Å². The van der Waals surface area contributed by atoms with E-state index in [2.05, 4.69) is 23.6 Å². The Balaban J connectivity index is 2.44. The summed E-state index contributed by atoms with van der Waals surface area (Å²) in [4.78, 5) is 5.56. The molecule has 1 fully saturated rings. The van der Waals surface area contributed by atoms with Crippen LogP contribution < -0.4 is 5.73 Å². The number of nitrogens with zero attached hydrogens (tertiary/aromatic N) is 2. The Labute approximate surface area is 116 Å². The van der Waals surface area contributed by atoms with Gasteiger partial charge in [-0.25, -0.2) is 0 Å². The van der Waals surface area contributed by atoms with Gasteiger partial charge in [0.25, 0.3) is 0 Å². The van der Waals surface area contributed by atoms with Crippen LogP contribution in [0.5, 0.6) is 0 Å². The van der Waals surface area contributed by atoms with Gasteiger partial charge in [0.15, 0.2) is 0 Å². The fraction of sp³-hybridized carbons (Fsp3) is 0.923. The predicted molar refractivity (Wildman–Crippen MR) is 80.0 cm³/mol. The van der Waals surface area contributed by atoms with E-state index in [1.807, 2.05) is 0 Å². The van der Waals surface area contributed by atoms with Crippen molar-refractivity contribution < 1.29 is 4.74 Å². The average Bonchev–Trinajstić information content (AvgIpc) is 2.36. The number of hydrogen-bond acceptors (Lipinski definition) is 4. The van der Waals surface area contributed by atoms with Crippen molar-refractivity contribution in [1.82, 2.24) is 9.80 Å². The fourth-order valence-electron chi connectivity index (χ4n) is 2.61. The summed E-state index contributed by atoms with van der Waals surface area (Å²) >= 11 is 5.19. The molecule has 2 unspecified atom stereocenters. The van der Waals surface area contributed by atoms with Crippen LogP contribution in [0.1, 0.15) is 26.7 Å². The van der Waals surface area contributed by atoms with Crippen LogP contribution in [0.15, 0.2) is 0 Å². The first-order chi connectivity index (χ1) is 8.60. The molecular formula is C13H27N3OS. The Bertz CT molecular complexity index is 255. The van der Waals surface area contributed by atoms with E-state index in [0.29, 0.717) is 11.0 Å². The lowest BCUT2D eigenvalue weighted by Crippen LogP contribution is -2.55. The first-order valence-electron chi connectivity index (χ1n) is 6.86. The molecule has 1 saturated heterocycles. The molecule has 1 heterocycles. The molecule has 4 nitrogen and oxygen atoms in total. The Kier molecular flexibility index (Phi) is 7.07. The van der Waals surface area contributed by atoms with Crippen molar-refractivity contribution in [2.24, 2.45) is 5.73 Å². The molecule has 0 radical (unpaired) electrons. The molecule has 1 aliphatic heterocycles. The van der Waals surface area contributed by atoms with Crippen LogP contribution in [-0.2, 0) is 4.74 Å². The number of piperazine rings is 1. The average molecular weight is 273 g/mol. The molecule has 1 rings (SSSR count). The summed E-state index contributed by atoms with van der Waals surface area (Å²) in [5.41, 5.74) is 5.85. The number of ether oxygens (including phenoxy) is 1. The van der Waals surface area contributed by atoms with Crippen molar-refractivity contribution in [3.05, 3.63) is 0 Å². The number of methoxy groups -OCH3 is 1. The van der Waals surface area contributed by atoms with Gasteiger partial charge in [-0.15, -0.1) is 0 Å². The van der Waals surface area contributed by atoms with Crippen LogP contribution >= 0.6 is 12.2 Å². The summed E-state index contributed by atoms with van der Waals surface area (Å²) in [5.74, 6) is 0. The fourth-order valence-corrected chi connectivity index (χ4v) is 2.88. The lowest BCUT2D eigenvalue weighted by molar-refractivity contribution is 0.0503. The molecule has 0 aromatic carbocycles. The highest BCUT2D eigenvalue weighted by atomic mass is 32.1. The van der Waals surface area contributed by atoms with Crippen molar-refractivity contribution in [2.75, 3.05) is 39.9 Å². The summed E-state index contributed by atoms with van der Waals surface area (Å²) in [6.07, 6.45) is 2.20. The lowest BCUT2D eigenvalue weighted by atomic mass is 10.1. The largest absolute Gasteiger partial charge is 0.392 e. The molecule has 18 heavy (non-hydrogen) atoms. The van der Waals surface area contributed by atoms with Gasteiger partial charge in [-0.2, -0.15) is 0 Å². The van der Waals surface area contributed by atoms with Crippen LogP contribution in [-0.4, -0.2) is 66.8 Å². The predicted octanol–water partition coefficient (Wildman–Crippen LogP) is 1.09. The number of thiocarbonyl (C=S) groups is 1. The van der Waals surface area contributed by atoms with E-state index < -0.39 is 0 Å². The minimum atomic E-state index is 0.282. The van der Waals surface area contributed by atoms with Gasteiger partial charge in [-0.1, -0.05) is 25.6 Å². The highest BCUT2D eigenvalue weighted by Gasteiger charge is 2.26. The van der Waals surface area contributed by atoms with Crippen molar-refractivity contribution in [3.63, 3.8) is 0 Å². The van der Waals surface area contributed by atoms with E-state index in [1.54, 1.807) is 7.11 Å². The standard InChI is InChI=1S/C13H27N3OS/c1-4-5-12(13(14)18)16-8-6-15(7-9-16)11(2)10-17-3/h11-12H,4-10H2,1-3H3,(H2,14,18). The molecule has 0 saturated carbocycles. The molecule has 5 heteroatoms. The molecule has 1 aliphatic rings. The van der Waals surface area contributed by atoms with Crippen LogP contribution in [0, 0.1) is 0 Å². The minimum Gasteiger partial charge on any atom is -0.392 e. The summed E-state index contributed by atoms with van der Waals surface area (Å²) in [6.45, 7) is 9.46. The number of hydrogen-bond donors (Lipinski definition) is 1. The maximum Gasteiger partial charge on any atom is 0.0902 e. The van der Waals surface area contributed by atoms with Gasteiger partial charge >= 0.3 is 0 Å². The second-order valence-electron chi connectivity index (χ2n) is 5.08. The van der Waals surface area contributed by atoms with E-state index in [1.165, 1.54) is 0 Å². The Morgan fingerprint density at radius 1 is 1.28 bits per heavy atom. The van der Waals surface area contributed by atoms with E-state index in [0.717, 1.165) is 45.6 Å². The molecule has 0 bridgehead atoms. The summed E-state index contributed by atoms with van der Waals surface area (Å²) < 4.78 is 5.21. The monoisotopic (exact) mass is 273 g/mol. The molecule has 2 N–H and O–H groups in total. The summed E-state index contributed by atoms with van der Waals surface area (Å²) in [6, 6.07) is 0.775. The Morgan fingerprint density at radius 2 is 1.83 bits per heavy atom. The Hall–Kier alpha value is -0.230. The molecule has 0 spiro atoms. The van der Waals surface area contributed by atoms with Gasteiger partial charge in [0.2, 0.25) is 0 Å². The first-order valence-corrected chi connectivity index (χ1v) is 7.27. The maximum absolute atomic E-state index is 5.85. The zero-order valence-electron chi connectivity index (χ0n) is 11.9. The second kappa shape index (κ2) is 8.04. The number of rotatable bonds is 7. The number of nitrogens with two attached hydrogens (primary N) is 1. The maximum atomic E-state index is 5.85. The quantitative estimate of drug-likeness (QED) is 0.703. The SMILES string of the molecule is CCCC(C(N)=S)N1CCN(C(C)COC)CC1. The van der Waals surface area contributed by atoms with Gasteiger partial charge in [-0.3, -0.25) is 9.80 Å². The zero-order valence-corrected chi connectivity index (χ0v) is 12.7. The highest BCUT2D eigenvalue weighted by Crippen LogP contribution is 2.13. The van der Waals surface area contributed by atoms with E-state index >= 15 is 0 Å². The molecule has 0 aliphatic carbocycles. The van der Waals surface area contributed by atoms with Gasteiger partial charge in [0.05, 0.1) is 17.6 Å². The van der Waals surface area contributed by atoms with E-state index in [4.69, 9.17) is 22.7 Å². The van der Waals surface area contributed by atoms with Crippen molar-refractivity contribution in [3.8, 4) is 0 Å². The van der Waals surface area contributed by atoms with Crippen LogP contribution in [0.4, 0.5) is 0 Å².